The van der Waals surface area contributed by atoms with Gasteiger partial charge in [0.2, 0.25) is 0 Å². The minimum atomic E-state index is -0.346. The van der Waals surface area contributed by atoms with E-state index in [9.17, 15) is 4.79 Å². The van der Waals surface area contributed by atoms with E-state index in [1.54, 1.807) is 7.05 Å². The van der Waals surface area contributed by atoms with Crippen LogP contribution in [0.1, 0.15) is 19.8 Å². The second-order valence-electron chi connectivity index (χ2n) is 2.79. The van der Waals surface area contributed by atoms with E-state index in [0.717, 1.165) is 12.8 Å². The molecule has 0 aliphatic carbocycles. The van der Waals surface area contributed by atoms with E-state index in [0.29, 0.717) is 13.2 Å². The van der Waals surface area contributed by atoms with Gasteiger partial charge in [-0.3, -0.25) is 4.79 Å². The molecule has 0 saturated carbocycles. The third-order valence-corrected chi connectivity index (χ3v) is 1.76. The van der Waals surface area contributed by atoms with Crippen molar-refractivity contribution in [2.75, 3.05) is 27.4 Å². The molecule has 0 spiro atoms. The van der Waals surface area contributed by atoms with Crippen molar-refractivity contribution in [1.82, 2.24) is 5.32 Å². The summed E-state index contributed by atoms with van der Waals surface area (Å²) in [4.78, 5) is 11.0. The highest BCUT2D eigenvalue weighted by Gasteiger charge is 2.16. The minimum absolute atomic E-state index is 0.279. The van der Waals surface area contributed by atoms with Crippen molar-refractivity contribution in [2.24, 2.45) is 0 Å². The molecule has 78 valence electrons. The van der Waals surface area contributed by atoms with Gasteiger partial charge in [0, 0.05) is 6.61 Å². The van der Waals surface area contributed by atoms with Gasteiger partial charge >= 0.3 is 5.97 Å². The van der Waals surface area contributed by atoms with Crippen molar-refractivity contribution in [2.45, 2.75) is 25.8 Å². The van der Waals surface area contributed by atoms with Crippen LogP contribution in [-0.2, 0) is 14.3 Å². The minimum Gasteiger partial charge on any atom is -0.468 e. The lowest BCUT2D eigenvalue weighted by molar-refractivity contribution is -0.144. The summed E-state index contributed by atoms with van der Waals surface area (Å²) in [7, 11) is 3.09. The number of methoxy groups -OCH3 is 1. The lowest BCUT2D eigenvalue weighted by atomic mass is 10.3. The molecule has 0 aromatic heterocycles. The number of rotatable bonds is 7. The smallest absolute Gasteiger partial charge is 0.325 e. The molecule has 13 heavy (non-hydrogen) atoms. The first-order chi connectivity index (χ1) is 6.26. The Kier molecular flexibility index (Phi) is 7.63. The van der Waals surface area contributed by atoms with Crippen LogP contribution in [-0.4, -0.2) is 39.4 Å². The Labute approximate surface area is 79.6 Å². The zero-order chi connectivity index (χ0) is 10.1. The van der Waals surface area contributed by atoms with Gasteiger partial charge in [-0.25, -0.2) is 0 Å². The Morgan fingerprint density at radius 1 is 1.54 bits per heavy atom. The second-order valence-corrected chi connectivity index (χ2v) is 2.79. The van der Waals surface area contributed by atoms with Crippen LogP contribution < -0.4 is 5.32 Å². The van der Waals surface area contributed by atoms with Crippen molar-refractivity contribution in [3.8, 4) is 0 Å². The SMILES string of the molecule is CCCCOCC(NC)C(=O)OC. The van der Waals surface area contributed by atoms with E-state index in [1.165, 1.54) is 7.11 Å². The molecule has 4 heteroatoms. The van der Waals surface area contributed by atoms with Crippen LogP contribution in [0, 0.1) is 0 Å². The topological polar surface area (TPSA) is 47.6 Å². The van der Waals surface area contributed by atoms with Crippen molar-refractivity contribution in [3.05, 3.63) is 0 Å². The summed E-state index contributed by atoms with van der Waals surface area (Å²) in [6, 6.07) is -0.346. The van der Waals surface area contributed by atoms with E-state index < -0.39 is 0 Å². The van der Waals surface area contributed by atoms with Crippen LogP contribution in [0.2, 0.25) is 0 Å². The fourth-order valence-corrected chi connectivity index (χ4v) is 0.859. The number of unbranched alkanes of at least 4 members (excludes halogenated alkanes) is 1. The molecule has 0 aromatic carbocycles. The number of hydrogen-bond donors (Lipinski definition) is 1. The van der Waals surface area contributed by atoms with E-state index in [1.807, 2.05) is 0 Å². The van der Waals surface area contributed by atoms with Crippen LogP contribution in [0.5, 0.6) is 0 Å². The molecule has 0 rings (SSSR count). The highest BCUT2D eigenvalue weighted by molar-refractivity contribution is 5.75. The fraction of sp³-hybridized carbons (Fsp3) is 0.889. The number of likely N-dealkylation sites (N-methyl/N-ethyl adjacent to an activating group) is 1. The summed E-state index contributed by atoms with van der Waals surface area (Å²) < 4.78 is 9.87. The van der Waals surface area contributed by atoms with Crippen molar-refractivity contribution in [3.63, 3.8) is 0 Å². The number of ether oxygens (including phenoxy) is 2. The van der Waals surface area contributed by atoms with E-state index >= 15 is 0 Å². The molecule has 0 aliphatic heterocycles. The summed E-state index contributed by atoms with van der Waals surface area (Å²) >= 11 is 0. The van der Waals surface area contributed by atoms with Crippen molar-refractivity contribution in [1.29, 1.82) is 0 Å². The lowest BCUT2D eigenvalue weighted by Gasteiger charge is -2.13. The monoisotopic (exact) mass is 189 g/mol. The summed E-state index contributed by atoms with van der Waals surface area (Å²) in [6.45, 7) is 3.17. The van der Waals surface area contributed by atoms with Gasteiger partial charge < -0.3 is 14.8 Å². The molecule has 0 aromatic rings. The average Bonchev–Trinajstić information content (AvgIpc) is 2.17. The largest absolute Gasteiger partial charge is 0.468 e. The van der Waals surface area contributed by atoms with Gasteiger partial charge in [0.15, 0.2) is 0 Å². The quantitative estimate of drug-likeness (QED) is 0.469. The predicted octanol–water partition coefficient (Wildman–Crippen LogP) is 0.564. The van der Waals surface area contributed by atoms with Crippen molar-refractivity contribution >= 4 is 5.97 Å². The lowest BCUT2D eigenvalue weighted by Crippen LogP contribution is -2.39. The summed E-state index contributed by atoms with van der Waals surface area (Å²) in [5.41, 5.74) is 0. The molecule has 0 saturated heterocycles. The first kappa shape index (κ1) is 12.4. The van der Waals surface area contributed by atoms with E-state index in [4.69, 9.17) is 4.74 Å². The summed E-state index contributed by atoms with van der Waals surface area (Å²) in [6.07, 6.45) is 2.13. The van der Waals surface area contributed by atoms with Gasteiger partial charge in [-0.1, -0.05) is 13.3 Å². The van der Waals surface area contributed by atoms with Gasteiger partial charge in [0.05, 0.1) is 13.7 Å². The molecular weight excluding hydrogens is 170 g/mol. The molecular formula is C9H19NO3. The number of carbonyl (C=O) groups is 1. The van der Waals surface area contributed by atoms with Crippen LogP contribution >= 0.6 is 0 Å². The molecule has 0 fully saturated rings. The number of hydrogen-bond acceptors (Lipinski definition) is 4. The number of esters is 1. The van der Waals surface area contributed by atoms with Gasteiger partial charge in [0.1, 0.15) is 6.04 Å². The molecule has 0 radical (unpaired) electrons. The van der Waals surface area contributed by atoms with Gasteiger partial charge in [-0.15, -0.1) is 0 Å². The molecule has 0 heterocycles. The fourth-order valence-electron chi connectivity index (χ4n) is 0.859. The molecule has 1 unspecified atom stereocenters. The van der Waals surface area contributed by atoms with Crippen LogP contribution in [0.15, 0.2) is 0 Å². The highest BCUT2D eigenvalue weighted by Crippen LogP contribution is 1.92. The van der Waals surface area contributed by atoms with Gasteiger partial charge in [-0.2, -0.15) is 0 Å². The van der Waals surface area contributed by atoms with Crippen molar-refractivity contribution < 1.29 is 14.3 Å². The molecule has 1 N–H and O–H groups in total. The summed E-state index contributed by atoms with van der Waals surface area (Å²) in [5.74, 6) is -0.279. The Morgan fingerprint density at radius 2 is 2.23 bits per heavy atom. The Bertz CT molecular complexity index is 139. The Hall–Kier alpha value is -0.610. The predicted molar refractivity (Wildman–Crippen MR) is 50.6 cm³/mol. The third kappa shape index (κ3) is 5.60. The highest BCUT2D eigenvalue weighted by atomic mass is 16.5. The van der Waals surface area contributed by atoms with Gasteiger partial charge in [-0.05, 0) is 13.5 Å². The number of carbonyl (C=O) groups excluding carboxylic acids is 1. The third-order valence-electron chi connectivity index (χ3n) is 1.76. The first-order valence-corrected chi connectivity index (χ1v) is 4.59. The maximum Gasteiger partial charge on any atom is 0.325 e. The number of nitrogens with one attached hydrogen (secondary N) is 1. The average molecular weight is 189 g/mol. The van der Waals surface area contributed by atoms with Crippen LogP contribution in [0.4, 0.5) is 0 Å². The van der Waals surface area contributed by atoms with Crippen LogP contribution in [0.25, 0.3) is 0 Å². The molecule has 0 aliphatic rings. The maximum absolute atomic E-state index is 11.0. The molecule has 4 nitrogen and oxygen atoms in total. The Morgan fingerprint density at radius 3 is 2.69 bits per heavy atom. The summed E-state index contributed by atoms with van der Waals surface area (Å²) in [5, 5.41) is 2.83. The maximum atomic E-state index is 11.0. The second kappa shape index (κ2) is 8.01. The first-order valence-electron chi connectivity index (χ1n) is 4.59. The molecule has 1 atom stereocenters. The standard InChI is InChI=1S/C9H19NO3/c1-4-5-6-13-7-8(10-2)9(11)12-3/h8,10H,4-7H2,1-3H3. The normalized spacial score (nSPS) is 12.5. The molecule has 0 bridgehead atoms. The van der Waals surface area contributed by atoms with Crippen LogP contribution in [0.3, 0.4) is 0 Å². The van der Waals surface area contributed by atoms with Gasteiger partial charge in [0.25, 0.3) is 0 Å². The zero-order valence-electron chi connectivity index (χ0n) is 8.63. The molecule has 0 amide bonds. The Balaban J connectivity index is 3.53. The van der Waals surface area contributed by atoms with E-state index in [2.05, 4.69) is 17.0 Å². The zero-order valence-corrected chi connectivity index (χ0v) is 8.63. The van der Waals surface area contributed by atoms with E-state index in [-0.39, 0.29) is 12.0 Å².